The van der Waals surface area contributed by atoms with E-state index in [1.165, 1.54) is 24.3 Å². The van der Waals surface area contributed by atoms with E-state index in [2.05, 4.69) is 4.98 Å². The fourth-order valence-electron chi connectivity index (χ4n) is 2.08. The smallest absolute Gasteiger partial charge is 0.263 e. The first-order valence-corrected chi connectivity index (χ1v) is 7.78. The fraction of sp³-hybridized carbons (Fsp3) is 0.500. The number of sulfonamides is 1. The van der Waals surface area contributed by atoms with Crippen molar-refractivity contribution in [3.05, 3.63) is 24.1 Å². The molecule has 0 saturated carbocycles. The van der Waals surface area contributed by atoms with Gasteiger partial charge in [-0.25, -0.2) is 17.8 Å². The van der Waals surface area contributed by atoms with E-state index in [0.717, 1.165) is 10.4 Å². The molecule has 7 nitrogen and oxygen atoms in total. The molecule has 1 fully saturated rings. The lowest BCUT2D eigenvalue weighted by Crippen LogP contribution is -2.51. The minimum atomic E-state index is -3.98. The van der Waals surface area contributed by atoms with Crippen LogP contribution in [0.2, 0.25) is 0 Å². The van der Waals surface area contributed by atoms with E-state index in [9.17, 15) is 17.6 Å². The van der Waals surface area contributed by atoms with E-state index in [0.29, 0.717) is 0 Å². The van der Waals surface area contributed by atoms with E-state index in [1.807, 2.05) is 0 Å². The highest BCUT2D eigenvalue weighted by atomic mass is 32.2. The van der Waals surface area contributed by atoms with Crippen molar-refractivity contribution < 1.29 is 22.3 Å². The number of carbonyl (C=O) groups excluding carboxylic acids is 1. The molecule has 2 heterocycles. The Labute approximate surface area is 122 Å². The van der Waals surface area contributed by atoms with Gasteiger partial charge in [0.1, 0.15) is 6.61 Å². The van der Waals surface area contributed by atoms with Crippen molar-refractivity contribution in [2.75, 3.05) is 39.9 Å². The maximum Gasteiger partial charge on any atom is 0.263 e. The van der Waals surface area contributed by atoms with Crippen LogP contribution in [0.5, 0.6) is 0 Å². The summed E-state index contributed by atoms with van der Waals surface area (Å²) in [5.74, 6) is -1.08. The molecule has 0 aliphatic carbocycles. The zero-order chi connectivity index (χ0) is 15.5. The van der Waals surface area contributed by atoms with Gasteiger partial charge in [-0.15, -0.1) is 0 Å². The first-order valence-electron chi connectivity index (χ1n) is 6.34. The molecule has 0 N–H and O–H groups in total. The van der Waals surface area contributed by atoms with E-state index in [4.69, 9.17) is 4.74 Å². The highest BCUT2D eigenvalue weighted by Crippen LogP contribution is 2.18. The molecule has 1 aromatic rings. The van der Waals surface area contributed by atoms with Crippen molar-refractivity contribution in [3.63, 3.8) is 0 Å². The lowest BCUT2D eigenvalue weighted by Gasteiger charge is -2.33. The van der Waals surface area contributed by atoms with Gasteiger partial charge in [-0.05, 0) is 12.1 Å². The summed E-state index contributed by atoms with van der Waals surface area (Å²) in [7, 11) is -2.56. The standard InChI is InChI=1S/C12H16FN3O4S/c1-20-9-11(17)15-5-7-16(8-6-15)21(18,19)12-10(13)3-2-4-14-12/h2-4H,5-9H2,1H3. The zero-order valence-corrected chi connectivity index (χ0v) is 12.3. The molecule has 1 amide bonds. The number of carbonyl (C=O) groups is 1. The second-order valence-corrected chi connectivity index (χ2v) is 6.36. The first kappa shape index (κ1) is 15.8. The van der Waals surface area contributed by atoms with Gasteiger partial charge in [0.05, 0.1) is 0 Å². The maximum atomic E-state index is 13.6. The molecule has 1 aliphatic heterocycles. The van der Waals surface area contributed by atoms with Crippen LogP contribution in [0, 0.1) is 5.82 Å². The third-order valence-corrected chi connectivity index (χ3v) is 5.00. The van der Waals surface area contributed by atoms with E-state index < -0.39 is 20.9 Å². The SMILES string of the molecule is COCC(=O)N1CCN(S(=O)(=O)c2ncccc2F)CC1. The van der Waals surface area contributed by atoms with Gasteiger partial charge in [-0.3, -0.25) is 4.79 Å². The Bertz CT molecular complexity index is 615. The molecule has 1 saturated heterocycles. The van der Waals surface area contributed by atoms with Crippen LogP contribution in [0.1, 0.15) is 0 Å². The molecular formula is C12H16FN3O4S. The van der Waals surface area contributed by atoms with E-state index in [1.54, 1.807) is 0 Å². The third kappa shape index (κ3) is 3.36. The molecule has 2 rings (SSSR count). The summed E-state index contributed by atoms with van der Waals surface area (Å²) in [6, 6.07) is 2.38. The highest BCUT2D eigenvalue weighted by molar-refractivity contribution is 7.89. The van der Waals surface area contributed by atoms with E-state index >= 15 is 0 Å². The minimum Gasteiger partial charge on any atom is -0.375 e. The lowest BCUT2D eigenvalue weighted by atomic mass is 10.3. The van der Waals surface area contributed by atoms with Crippen molar-refractivity contribution in [2.45, 2.75) is 5.03 Å². The normalized spacial score (nSPS) is 17.0. The predicted octanol–water partition coefficient (Wildman–Crippen LogP) is -0.300. The van der Waals surface area contributed by atoms with Crippen molar-refractivity contribution >= 4 is 15.9 Å². The topological polar surface area (TPSA) is 79.8 Å². The van der Waals surface area contributed by atoms with Crippen LogP contribution < -0.4 is 0 Å². The Morgan fingerprint density at radius 3 is 2.62 bits per heavy atom. The summed E-state index contributed by atoms with van der Waals surface area (Å²) in [6.07, 6.45) is 1.23. The summed E-state index contributed by atoms with van der Waals surface area (Å²) in [5, 5.41) is -0.582. The highest BCUT2D eigenvalue weighted by Gasteiger charge is 2.32. The molecule has 1 aromatic heterocycles. The Kier molecular flexibility index (Phi) is 4.86. The van der Waals surface area contributed by atoms with Gasteiger partial charge in [0, 0.05) is 39.5 Å². The maximum absolute atomic E-state index is 13.6. The number of aromatic nitrogens is 1. The van der Waals surface area contributed by atoms with Gasteiger partial charge in [0.15, 0.2) is 5.82 Å². The van der Waals surface area contributed by atoms with Crippen LogP contribution in [0.3, 0.4) is 0 Å². The summed E-state index contributed by atoms with van der Waals surface area (Å²) >= 11 is 0. The Morgan fingerprint density at radius 1 is 1.38 bits per heavy atom. The Morgan fingerprint density at radius 2 is 2.05 bits per heavy atom. The number of piperazine rings is 1. The summed E-state index contributed by atoms with van der Waals surface area (Å²) in [4.78, 5) is 16.8. The molecule has 0 unspecified atom stereocenters. The average Bonchev–Trinajstić information content (AvgIpc) is 2.48. The number of nitrogens with zero attached hydrogens (tertiary/aromatic N) is 3. The van der Waals surface area contributed by atoms with Crippen LogP contribution in [-0.4, -0.2) is 68.4 Å². The fourth-order valence-corrected chi connectivity index (χ4v) is 3.47. The zero-order valence-electron chi connectivity index (χ0n) is 11.5. The Hall–Kier alpha value is -1.58. The van der Waals surface area contributed by atoms with Crippen molar-refractivity contribution in [1.82, 2.24) is 14.2 Å². The van der Waals surface area contributed by atoms with Gasteiger partial charge in [-0.2, -0.15) is 4.31 Å². The van der Waals surface area contributed by atoms with Crippen LogP contribution in [0.25, 0.3) is 0 Å². The van der Waals surface area contributed by atoms with Gasteiger partial charge < -0.3 is 9.64 Å². The molecule has 0 bridgehead atoms. The molecule has 116 valence electrons. The summed E-state index contributed by atoms with van der Waals surface area (Å²) in [6.45, 7) is 0.662. The predicted molar refractivity (Wildman–Crippen MR) is 71.4 cm³/mol. The molecule has 0 atom stereocenters. The average molecular weight is 317 g/mol. The number of hydrogen-bond acceptors (Lipinski definition) is 5. The summed E-state index contributed by atoms with van der Waals surface area (Å²) in [5.41, 5.74) is 0. The largest absolute Gasteiger partial charge is 0.375 e. The number of hydrogen-bond donors (Lipinski definition) is 0. The van der Waals surface area contributed by atoms with Crippen molar-refractivity contribution in [2.24, 2.45) is 0 Å². The molecular weight excluding hydrogens is 301 g/mol. The third-order valence-electron chi connectivity index (χ3n) is 3.17. The molecule has 0 aromatic carbocycles. The quantitative estimate of drug-likeness (QED) is 0.762. The number of ether oxygens (including phenoxy) is 1. The number of rotatable bonds is 4. The van der Waals surface area contributed by atoms with E-state index in [-0.39, 0.29) is 38.7 Å². The summed E-state index contributed by atoms with van der Waals surface area (Å²) < 4.78 is 44.1. The van der Waals surface area contributed by atoms with Gasteiger partial charge in [0.2, 0.25) is 10.9 Å². The molecule has 9 heteroatoms. The second kappa shape index (κ2) is 6.46. The minimum absolute atomic E-state index is 0.0401. The molecule has 0 radical (unpaired) electrons. The number of pyridine rings is 1. The monoisotopic (exact) mass is 317 g/mol. The second-order valence-electron chi connectivity index (χ2n) is 4.51. The first-order chi connectivity index (χ1) is 9.96. The van der Waals surface area contributed by atoms with Crippen LogP contribution in [-0.2, 0) is 19.6 Å². The van der Waals surface area contributed by atoms with Crippen LogP contribution in [0.15, 0.2) is 23.4 Å². The van der Waals surface area contributed by atoms with Gasteiger partial charge in [0.25, 0.3) is 10.0 Å². The van der Waals surface area contributed by atoms with Crippen molar-refractivity contribution in [3.8, 4) is 0 Å². The number of amides is 1. The molecule has 1 aliphatic rings. The number of halogens is 1. The molecule has 0 spiro atoms. The van der Waals surface area contributed by atoms with Gasteiger partial charge >= 0.3 is 0 Å². The Balaban J connectivity index is 2.08. The number of methoxy groups -OCH3 is 1. The molecule has 21 heavy (non-hydrogen) atoms. The van der Waals surface area contributed by atoms with Gasteiger partial charge in [-0.1, -0.05) is 0 Å². The van der Waals surface area contributed by atoms with Crippen LogP contribution in [0.4, 0.5) is 4.39 Å². The lowest BCUT2D eigenvalue weighted by molar-refractivity contribution is -0.136. The van der Waals surface area contributed by atoms with Crippen molar-refractivity contribution in [1.29, 1.82) is 0 Å². The van der Waals surface area contributed by atoms with Crippen LogP contribution >= 0.6 is 0 Å².